The lowest BCUT2D eigenvalue weighted by Gasteiger charge is -2.38. The predicted octanol–water partition coefficient (Wildman–Crippen LogP) is 5.40. The summed E-state index contributed by atoms with van der Waals surface area (Å²) in [6, 6.07) is 8.78. The van der Waals surface area contributed by atoms with Crippen LogP contribution in [0.25, 0.3) is 0 Å². The number of benzene rings is 2. The van der Waals surface area contributed by atoms with Gasteiger partial charge in [-0.15, -0.1) is 0 Å². The number of nitrogens with zero attached hydrogens (tertiary/aromatic N) is 3. The van der Waals surface area contributed by atoms with Gasteiger partial charge < -0.3 is 10.2 Å². The van der Waals surface area contributed by atoms with Gasteiger partial charge in [-0.25, -0.2) is 8.42 Å². The van der Waals surface area contributed by atoms with E-state index in [0.29, 0.717) is 31.1 Å². The van der Waals surface area contributed by atoms with Gasteiger partial charge in [-0.3, -0.25) is 18.9 Å². The van der Waals surface area contributed by atoms with E-state index in [4.69, 9.17) is 23.2 Å². The van der Waals surface area contributed by atoms with Gasteiger partial charge in [0.15, 0.2) is 0 Å². The molecule has 1 saturated heterocycles. The summed E-state index contributed by atoms with van der Waals surface area (Å²) in [5.74, 6) is -0.800. The molecule has 0 radical (unpaired) electrons. The maximum atomic E-state index is 13.8. The quantitative estimate of drug-likeness (QED) is 0.416. The Bertz CT molecular complexity index is 1600. The average Bonchev–Trinajstić information content (AvgIpc) is 3.33. The molecule has 0 aliphatic carbocycles. The third kappa shape index (κ3) is 5.35. The van der Waals surface area contributed by atoms with Crippen LogP contribution < -0.4 is 9.62 Å². The number of likely N-dealkylation sites (tertiary alicyclic amines) is 1. The van der Waals surface area contributed by atoms with Crippen LogP contribution in [0.1, 0.15) is 34.5 Å². The zero-order valence-corrected chi connectivity index (χ0v) is 22.9. The Labute approximate surface area is 237 Å². The lowest BCUT2D eigenvalue weighted by molar-refractivity contribution is -0.137. The Kier molecular flexibility index (Phi) is 7.45. The molecule has 3 heterocycles. The first-order valence-electron chi connectivity index (χ1n) is 12.1. The molecule has 8 nitrogen and oxygen atoms in total. The monoisotopic (exact) mass is 612 g/mol. The number of sulfonamides is 1. The fraction of sp³-hybridized carbons (Fsp3) is 0.269. The van der Waals surface area contributed by atoms with Crippen molar-refractivity contribution in [3.63, 3.8) is 0 Å². The molecular weight excluding hydrogens is 592 g/mol. The normalized spacial score (nSPS) is 17.6. The Hall–Kier alpha value is -3.35. The van der Waals surface area contributed by atoms with E-state index in [1.54, 1.807) is 11.0 Å². The molecular formula is C26H21Cl2F3N4O4S. The van der Waals surface area contributed by atoms with Crippen LogP contribution in [0.5, 0.6) is 0 Å². The molecule has 2 aliphatic heterocycles. The number of alkyl halides is 3. The summed E-state index contributed by atoms with van der Waals surface area (Å²) < 4.78 is 68.8. The van der Waals surface area contributed by atoms with Crippen LogP contribution in [-0.4, -0.2) is 49.2 Å². The number of aromatic nitrogens is 1. The van der Waals surface area contributed by atoms with Gasteiger partial charge in [0.05, 0.1) is 61.9 Å². The van der Waals surface area contributed by atoms with Gasteiger partial charge in [0, 0.05) is 19.4 Å². The molecule has 0 spiro atoms. The van der Waals surface area contributed by atoms with Crippen LogP contribution in [-0.2, 0) is 27.4 Å². The van der Waals surface area contributed by atoms with E-state index in [2.05, 4.69) is 10.3 Å². The van der Waals surface area contributed by atoms with Crippen LogP contribution in [0.3, 0.4) is 0 Å². The standard InChI is InChI=1S/C26H21Cl2F3N4O4S/c27-19-6-2-7-20(28)24(19)25(37)33-16-11-22-21(32-13-16)12-17(34-9-3-8-23(34)36)14-35(22)40(38,39)18-5-1-4-15(10-18)26(29,30)31/h1-2,4-7,10-11,13,17H,3,8-9,12,14H2,(H,33,37)/t17-/m1/s1. The summed E-state index contributed by atoms with van der Waals surface area (Å²) in [6.45, 7) is 0.232. The number of hydrogen-bond donors (Lipinski definition) is 1. The van der Waals surface area contributed by atoms with Crippen molar-refractivity contribution in [2.75, 3.05) is 22.7 Å². The van der Waals surface area contributed by atoms with E-state index < -0.39 is 38.6 Å². The molecule has 40 heavy (non-hydrogen) atoms. The number of nitrogens with one attached hydrogen (secondary N) is 1. The summed E-state index contributed by atoms with van der Waals surface area (Å²) in [5, 5.41) is 2.80. The number of carbonyl (C=O) groups is 2. The molecule has 2 amide bonds. The topological polar surface area (TPSA) is 99.7 Å². The van der Waals surface area contributed by atoms with Crippen LogP contribution in [0.15, 0.2) is 59.6 Å². The zero-order chi connectivity index (χ0) is 28.8. The van der Waals surface area contributed by atoms with E-state index in [0.717, 1.165) is 22.5 Å². The predicted molar refractivity (Wildman–Crippen MR) is 143 cm³/mol. The van der Waals surface area contributed by atoms with E-state index in [-0.39, 0.29) is 45.9 Å². The molecule has 0 saturated carbocycles. The number of rotatable bonds is 5. The highest BCUT2D eigenvalue weighted by atomic mass is 35.5. The first-order chi connectivity index (χ1) is 18.9. The molecule has 3 aromatic rings. The first-order valence-corrected chi connectivity index (χ1v) is 14.3. The molecule has 1 N–H and O–H groups in total. The van der Waals surface area contributed by atoms with Gasteiger partial charge in [0.1, 0.15) is 0 Å². The number of pyridine rings is 1. The van der Waals surface area contributed by atoms with Crippen molar-refractivity contribution in [2.45, 2.75) is 36.4 Å². The number of carbonyl (C=O) groups excluding carboxylic acids is 2. The summed E-state index contributed by atoms with van der Waals surface area (Å²) in [6.07, 6.45) is -2.27. The molecule has 1 atom stereocenters. The largest absolute Gasteiger partial charge is 0.416 e. The van der Waals surface area contributed by atoms with E-state index in [1.807, 2.05) is 0 Å². The van der Waals surface area contributed by atoms with Gasteiger partial charge in [-0.05, 0) is 42.8 Å². The summed E-state index contributed by atoms with van der Waals surface area (Å²) in [4.78, 5) is 30.8. The molecule has 0 bridgehead atoms. The minimum atomic E-state index is -4.76. The third-order valence-electron chi connectivity index (χ3n) is 6.77. The lowest BCUT2D eigenvalue weighted by Crippen LogP contribution is -2.51. The van der Waals surface area contributed by atoms with E-state index >= 15 is 0 Å². The average molecular weight is 613 g/mol. The summed E-state index contributed by atoms with van der Waals surface area (Å²) in [5.41, 5.74) is -0.624. The van der Waals surface area contributed by atoms with Crippen molar-refractivity contribution in [3.8, 4) is 0 Å². The fourth-order valence-electron chi connectivity index (χ4n) is 4.86. The van der Waals surface area contributed by atoms with Crippen molar-refractivity contribution < 1.29 is 31.2 Å². The van der Waals surface area contributed by atoms with Crippen LogP contribution >= 0.6 is 23.2 Å². The van der Waals surface area contributed by atoms with E-state index in [1.165, 1.54) is 24.4 Å². The molecule has 1 fully saturated rings. The van der Waals surface area contributed by atoms with Crippen molar-refractivity contribution in [3.05, 3.63) is 81.6 Å². The number of halogens is 5. The molecule has 210 valence electrons. The van der Waals surface area contributed by atoms with Gasteiger partial charge in [-0.1, -0.05) is 35.3 Å². The lowest BCUT2D eigenvalue weighted by atomic mass is 10.0. The second kappa shape index (κ2) is 10.6. The summed E-state index contributed by atoms with van der Waals surface area (Å²) in [7, 11) is -4.55. The number of fused-ring (bicyclic) bond motifs is 1. The zero-order valence-electron chi connectivity index (χ0n) is 20.6. The Balaban J connectivity index is 1.56. The number of amides is 2. The minimum absolute atomic E-state index is 0.00427. The maximum absolute atomic E-state index is 13.8. The van der Waals surface area contributed by atoms with Gasteiger partial charge in [0.2, 0.25) is 5.91 Å². The SMILES string of the molecule is O=C(Nc1cnc2c(c1)N(S(=O)(=O)c1cccc(C(F)(F)F)c1)C[C@H](N1CCCC1=O)C2)c1c(Cl)cccc1Cl. The second-order valence-electron chi connectivity index (χ2n) is 9.35. The Morgan fingerprint density at radius 3 is 2.42 bits per heavy atom. The highest BCUT2D eigenvalue weighted by Crippen LogP contribution is 2.37. The van der Waals surface area contributed by atoms with Crippen molar-refractivity contribution in [1.82, 2.24) is 9.88 Å². The molecule has 2 aliphatic rings. The number of anilines is 2. The van der Waals surface area contributed by atoms with Gasteiger partial charge in [-0.2, -0.15) is 13.2 Å². The van der Waals surface area contributed by atoms with E-state index in [9.17, 15) is 31.2 Å². The molecule has 1 aromatic heterocycles. The first kappa shape index (κ1) is 28.2. The fourth-order valence-corrected chi connectivity index (χ4v) is 7.00. The van der Waals surface area contributed by atoms with Crippen LogP contribution in [0.2, 0.25) is 10.0 Å². The van der Waals surface area contributed by atoms with Crippen LogP contribution in [0.4, 0.5) is 24.5 Å². The maximum Gasteiger partial charge on any atom is 0.416 e. The van der Waals surface area contributed by atoms with Gasteiger partial charge in [0.25, 0.3) is 15.9 Å². The Morgan fingerprint density at radius 2 is 1.77 bits per heavy atom. The molecule has 5 rings (SSSR count). The highest BCUT2D eigenvalue weighted by molar-refractivity contribution is 7.92. The van der Waals surface area contributed by atoms with Crippen molar-refractivity contribution in [2.24, 2.45) is 0 Å². The van der Waals surface area contributed by atoms with Crippen molar-refractivity contribution in [1.29, 1.82) is 0 Å². The van der Waals surface area contributed by atoms with Crippen LogP contribution in [0, 0.1) is 0 Å². The molecule has 14 heteroatoms. The van der Waals surface area contributed by atoms with Crippen molar-refractivity contribution >= 4 is 56.4 Å². The highest BCUT2D eigenvalue weighted by Gasteiger charge is 2.40. The third-order valence-corrected chi connectivity index (χ3v) is 9.18. The second-order valence-corrected chi connectivity index (χ2v) is 12.0. The summed E-state index contributed by atoms with van der Waals surface area (Å²) >= 11 is 12.3. The smallest absolute Gasteiger partial charge is 0.337 e. The molecule has 2 aromatic carbocycles. The number of hydrogen-bond acceptors (Lipinski definition) is 5. The van der Waals surface area contributed by atoms with Gasteiger partial charge >= 0.3 is 6.18 Å². The minimum Gasteiger partial charge on any atom is -0.337 e. The molecule has 0 unspecified atom stereocenters. The Morgan fingerprint density at radius 1 is 1.07 bits per heavy atom.